The Bertz CT molecular complexity index is 815. The molecule has 5 unspecified atom stereocenters. The number of carboxylic acids is 1. The second-order valence-electron chi connectivity index (χ2n) is 8.54. The van der Waals surface area contributed by atoms with E-state index in [0.29, 0.717) is 24.3 Å². The first-order valence-electron chi connectivity index (χ1n) is 11.6. The molecular formula is C22H36N6O5S. The Hall–Kier alpha value is -2.60. The van der Waals surface area contributed by atoms with Crippen LogP contribution in [0.2, 0.25) is 0 Å². The van der Waals surface area contributed by atoms with Crippen molar-refractivity contribution >= 4 is 35.5 Å². The van der Waals surface area contributed by atoms with Gasteiger partial charge in [-0.2, -0.15) is 11.8 Å². The maximum absolute atomic E-state index is 13.3. The highest BCUT2D eigenvalue weighted by molar-refractivity contribution is 7.98. The molecule has 1 saturated heterocycles. The lowest BCUT2D eigenvalue weighted by atomic mass is 9.97. The Kier molecular flexibility index (Phi) is 11.3. The molecule has 0 aromatic carbocycles. The van der Waals surface area contributed by atoms with Gasteiger partial charge < -0.3 is 31.4 Å². The molecular weight excluding hydrogens is 460 g/mol. The zero-order valence-electron chi connectivity index (χ0n) is 19.9. The van der Waals surface area contributed by atoms with Crippen LogP contribution >= 0.6 is 11.8 Å². The molecule has 1 fully saturated rings. The fraction of sp³-hybridized carbons (Fsp3) is 0.682. The molecule has 0 bridgehead atoms. The Morgan fingerprint density at radius 1 is 1.21 bits per heavy atom. The average molecular weight is 497 g/mol. The fourth-order valence-corrected chi connectivity index (χ4v) is 4.19. The first-order valence-corrected chi connectivity index (χ1v) is 13.0. The number of hydrogen-bond acceptors (Lipinski definition) is 7. The predicted molar refractivity (Wildman–Crippen MR) is 129 cm³/mol. The molecule has 2 rings (SSSR count). The van der Waals surface area contributed by atoms with Gasteiger partial charge in [0.05, 0.1) is 12.4 Å². The van der Waals surface area contributed by atoms with Crippen molar-refractivity contribution in [1.82, 2.24) is 31.2 Å². The number of aliphatic carboxylic acids is 1. The van der Waals surface area contributed by atoms with Crippen LogP contribution in [0.3, 0.4) is 0 Å². The van der Waals surface area contributed by atoms with Gasteiger partial charge in [0.1, 0.15) is 18.1 Å². The number of carbonyl (C=O) groups is 4. The first-order chi connectivity index (χ1) is 16.3. The number of imidazole rings is 1. The average Bonchev–Trinajstić information content (AvgIpc) is 3.53. The summed E-state index contributed by atoms with van der Waals surface area (Å²) in [4.78, 5) is 57.5. The molecule has 0 saturated carbocycles. The summed E-state index contributed by atoms with van der Waals surface area (Å²) in [6, 6.07) is -3.28. The third kappa shape index (κ3) is 8.32. The van der Waals surface area contributed by atoms with Crippen molar-refractivity contribution in [1.29, 1.82) is 0 Å². The van der Waals surface area contributed by atoms with Crippen LogP contribution in [-0.2, 0) is 25.6 Å². The van der Waals surface area contributed by atoms with Crippen molar-refractivity contribution in [3.05, 3.63) is 18.2 Å². The van der Waals surface area contributed by atoms with Gasteiger partial charge in [-0.3, -0.25) is 14.4 Å². The summed E-state index contributed by atoms with van der Waals surface area (Å²) >= 11 is 1.49. The summed E-state index contributed by atoms with van der Waals surface area (Å²) in [5.41, 5.74) is 0.660. The highest BCUT2D eigenvalue weighted by Crippen LogP contribution is 2.12. The molecule has 2 heterocycles. The van der Waals surface area contributed by atoms with E-state index in [4.69, 9.17) is 0 Å². The van der Waals surface area contributed by atoms with Crippen LogP contribution in [0.4, 0.5) is 0 Å². The molecule has 34 heavy (non-hydrogen) atoms. The lowest BCUT2D eigenvalue weighted by Crippen LogP contribution is -2.59. The third-order valence-corrected chi connectivity index (χ3v) is 6.65. The first kappa shape index (κ1) is 27.6. The zero-order chi connectivity index (χ0) is 25.1. The molecule has 1 aromatic rings. The summed E-state index contributed by atoms with van der Waals surface area (Å²) in [6.07, 6.45) is 7.52. The van der Waals surface area contributed by atoms with Crippen molar-refractivity contribution in [3.8, 4) is 0 Å². The van der Waals surface area contributed by atoms with Gasteiger partial charge in [-0.25, -0.2) is 9.78 Å². The smallest absolute Gasteiger partial charge is 0.326 e. The molecule has 3 amide bonds. The largest absolute Gasteiger partial charge is 0.480 e. The Morgan fingerprint density at radius 3 is 2.53 bits per heavy atom. The lowest BCUT2D eigenvalue weighted by Gasteiger charge is -2.28. The molecule has 12 heteroatoms. The number of thioether (sulfide) groups is 1. The van der Waals surface area contributed by atoms with Gasteiger partial charge in [-0.15, -0.1) is 0 Å². The maximum Gasteiger partial charge on any atom is 0.326 e. The van der Waals surface area contributed by atoms with Crippen LogP contribution in [0.15, 0.2) is 12.5 Å². The molecule has 1 aromatic heterocycles. The minimum atomic E-state index is -1.12. The van der Waals surface area contributed by atoms with Gasteiger partial charge in [0.15, 0.2) is 0 Å². The number of amides is 3. The van der Waals surface area contributed by atoms with E-state index in [2.05, 4.69) is 31.2 Å². The van der Waals surface area contributed by atoms with Crippen molar-refractivity contribution in [2.75, 3.05) is 18.6 Å². The molecule has 11 nitrogen and oxygen atoms in total. The van der Waals surface area contributed by atoms with Crippen molar-refractivity contribution in [3.63, 3.8) is 0 Å². The summed E-state index contributed by atoms with van der Waals surface area (Å²) < 4.78 is 0. The number of hydrogen-bond donors (Lipinski definition) is 6. The van der Waals surface area contributed by atoms with E-state index in [1.807, 2.05) is 20.1 Å². The Morgan fingerprint density at radius 2 is 1.97 bits per heavy atom. The Balaban J connectivity index is 2.14. The van der Waals surface area contributed by atoms with E-state index in [1.165, 1.54) is 18.1 Å². The van der Waals surface area contributed by atoms with Crippen molar-refractivity contribution in [2.45, 2.75) is 70.1 Å². The van der Waals surface area contributed by atoms with Gasteiger partial charge in [0.25, 0.3) is 0 Å². The van der Waals surface area contributed by atoms with E-state index in [1.54, 1.807) is 6.20 Å². The summed E-state index contributed by atoms with van der Waals surface area (Å²) in [6.45, 7) is 4.44. The second kappa shape index (κ2) is 14.0. The number of rotatable bonds is 14. The van der Waals surface area contributed by atoms with Crippen LogP contribution in [-0.4, -0.2) is 81.5 Å². The standard InChI is InChI=1S/C22H36N6O5S/c1-4-13(2)18(21(31)26-16(22(32)33)7-9-34-3)28-20(30)17(10-14-11-23-12-25-14)27-19(29)15-6-5-8-24-15/h11-13,15-18,24H,4-10H2,1-3H3,(H,23,25)(H,26,31)(H,27,29)(H,28,30)(H,32,33). The van der Waals surface area contributed by atoms with Crippen LogP contribution in [0.5, 0.6) is 0 Å². The minimum Gasteiger partial charge on any atom is -0.480 e. The van der Waals surface area contributed by atoms with Gasteiger partial charge in [0.2, 0.25) is 17.7 Å². The normalized spacial score (nSPS) is 19.0. The van der Waals surface area contributed by atoms with Gasteiger partial charge in [0, 0.05) is 18.3 Å². The summed E-state index contributed by atoms with van der Waals surface area (Å²) in [7, 11) is 0. The zero-order valence-corrected chi connectivity index (χ0v) is 20.7. The molecule has 6 N–H and O–H groups in total. The number of nitrogens with one attached hydrogen (secondary N) is 5. The highest BCUT2D eigenvalue weighted by Gasteiger charge is 2.33. The number of carboxylic acid groups (broad SMARTS) is 1. The van der Waals surface area contributed by atoms with Gasteiger partial charge >= 0.3 is 5.97 Å². The number of carbonyl (C=O) groups excluding carboxylic acids is 3. The predicted octanol–water partition coefficient (Wildman–Crippen LogP) is 0.0424. The van der Waals surface area contributed by atoms with E-state index in [0.717, 1.165) is 13.0 Å². The van der Waals surface area contributed by atoms with E-state index < -0.39 is 35.9 Å². The number of aromatic nitrogens is 2. The van der Waals surface area contributed by atoms with Gasteiger partial charge in [-0.1, -0.05) is 20.3 Å². The SMILES string of the molecule is CCC(C)C(NC(=O)C(Cc1cnc[nH]1)NC(=O)C1CCCN1)C(=O)NC(CCSC)C(=O)O. The lowest BCUT2D eigenvalue weighted by molar-refractivity contribution is -0.142. The number of H-pyrrole nitrogens is 1. The Labute approximate surface area is 204 Å². The molecule has 190 valence electrons. The molecule has 5 atom stereocenters. The number of nitrogens with zero attached hydrogens (tertiary/aromatic N) is 1. The van der Waals surface area contributed by atoms with Crippen molar-refractivity contribution in [2.24, 2.45) is 5.92 Å². The van der Waals surface area contributed by atoms with Crippen LogP contribution in [0.1, 0.15) is 45.2 Å². The van der Waals surface area contributed by atoms with Crippen LogP contribution in [0.25, 0.3) is 0 Å². The summed E-state index contributed by atoms with van der Waals surface area (Å²) in [5.74, 6) is -2.14. The van der Waals surface area contributed by atoms with Gasteiger partial charge in [-0.05, 0) is 43.7 Å². The van der Waals surface area contributed by atoms with Crippen LogP contribution in [0, 0.1) is 5.92 Å². The highest BCUT2D eigenvalue weighted by atomic mass is 32.2. The fourth-order valence-electron chi connectivity index (χ4n) is 3.72. The summed E-state index contributed by atoms with van der Waals surface area (Å²) in [5, 5.41) is 20.7. The molecule has 0 spiro atoms. The van der Waals surface area contributed by atoms with E-state index in [-0.39, 0.29) is 30.7 Å². The monoisotopic (exact) mass is 496 g/mol. The second-order valence-corrected chi connectivity index (χ2v) is 9.53. The van der Waals surface area contributed by atoms with E-state index >= 15 is 0 Å². The topological polar surface area (TPSA) is 165 Å². The maximum atomic E-state index is 13.3. The minimum absolute atomic E-state index is 0.171. The number of aromatic amines is 1. The molecule has 1 aliphatic heterocycles. The van der Waals surface area contributed by atoms with E-state index in [9.17, 15) is 24.3 Å². The molecule has 1 aliphatic rings. The third-order valence-electron chi connectivity index (χ3n) is 6.01. The van der Waals surface area contributed by atoms with Crippen LogP contribution < -0.4 is 21.3 Å². The molecule has 0 aliphatic carbocycles. The molecule has 0 radical (unpaired) electrons. The van der Waals surface area contributed by atoms with Crippen molar-refractivity contribution < 1.29 is 24.3 Å². The quantitative estimate of drug-likeness (QED) is 0.210.